The van der Waals surface area contributed by atoms with Crippen LogP contribution in [0, 0.1) is 18.6 Å². The van der Waals surface area contributed by atoms with Gasteiger partial charge in [-0.25, -0.2) is 9.89 Å². The van der Waals surface area contributed by atoms with Gasteiger partial charge >= 0.3 is 5.97 Å². The van der Waals surface area contributed by atoms with E-state index < -0.39 is 5.97 Å². The molecule has 0 bridgehead atoms. The van der Waals surface area contributed by atoms with E-state index in [0.717, 1.165) is 22.4 Å². The quantitative estimate of drug-likeness (QED) is 0.501. The van der Waals surface area contributed by atoms with Gasteiger partial charge in [0.1, 0.15) is 12.4 Å². The molecule has 0 fully saturated rings. The highest BCUT2D eigenvalue weighted by Gasteiger charge is 2.09. The Morgan fingerprint density at radius 1 is 1.26 bits per heavy atom. The molecule has 138 valence electrons. The van der Waals surface area contributed by atoms with Crippen LogP contribution in [0.3, 0.4) is 0 Å². The van der Waals surface area contributed by atoms with Gasteiger partial charge in [0.05, 0.1) is 11.8 Å². The lowest BCUT2D eigenvalue weighted by molar-refractivity contribution is 0.0697. The zero-order valence-electron chi connectivity index (χ0n) is 14.8. The molecule has 3 rings (SSSR count). The number of nitrogens with zero attached hydrogens (tertiary/aromatic N) is 3. The molecule has 0 radical (unpaired) electrons. The monoisotopic (exact) mass is 382 g/mol. The Morgan fingerprint density at radius 3 is 2.56 bits per heavy atom. The molecular weight excluding hydrogens is 364 g/mol. The number of H-pyrrole nitrogens is 1. The molecule has 0 amide bonds. The van der Waals surface area contributed by atoms with Crippen LogP contribution in [0.25, 0.3) is 0 Å². The Morgan fingerprint density at radius 2 is 1.93 bits per heavy atom. The van der Waals surface area contributed by atoms with Crippen LogP contribution >= 0.6 is 12.2 Å². The lowest BCUT2D eigenvalue weighted by Crippen LogP contribution is -2.05. The molecule has 27 heavy (non-hydrogen) atoms. The SMILES string of the molecule is Cc1cccc(C)c1OCc1n[nH]c(=S)n1/N=C\c1ccc(C(=O)O)cc1. The first-order valence-corrected chi connectivity index (χ1v) is 8.59. The Labute approximate surface area is 160 Å². The van der Waals surface area contributed by atoms with Gasteiger partial charge in [-0.05, 0) is 54.9 Å². The number of nitrogens with one attached hydrogen (secondary N) is 1. The van der Waals surface area contributed by atoms with Crippen molar-refractivity contribution >= 4 is 24.4 Å². The number of ether oxygens (including phenoxy) is 1. The minimum atomic E-state index is -0.971. The second-order valence-corrected chi connectivity index (χ2v) is 6.32. The fourth-order valence-corrected chi connectivity index (χ4v) is 2.73. The van der Waals surface area contributed by atoms with E-state index >= 15 is 0 Å². The normalized spacial score (nSPS) is 11.0. The van der Waals surface area contributed by atoms with Crippen LogP contribution in [-0.2, 0) is 6.61 Å². The second-order valence-electron chi connectivity index (χ2n) is 5.94. The van der Waals surface area contributed by atoms with Gasteiger partial charge in [0.15, 0.2) is 5.82 Å². The predicted molar refractivity (Wildman–Crippen MR) is 104 cm³/mol. The molecule has 0 aliphatic carbocycles. The molecule has 0 spiro atoms. The molecule has 1 aromatic heterocycles. The van der Waals surface area contributed by atoms with Gasteiger partial charge < -0.3 is 9.84 Å². The molecular formula is C19H18N4O3S. The standard InChI is InChI=1S/C19H18N4O3S/c1-12-4-3-5-13(2)17(12)26-11-16-21-22-19(27)23(16)20-10-14-6-8-15(9-7-14)18(24)25/h3-10H,11H2,1-2H3,(H,22,27)(H,24,25)/b20-10-. The van der Waals surface area contributed by atoms with Crippen molar-refractivity contribution in [2.24, 2.45) is 5.10 Å². The Bertz CT molecular complexity index is 1030. The Kier molecular flexibility index (Phi) is 5.46. The van der Waals surface area contributed by atoms with Gasteiger partial charge in [0, 0.05) is 0 Å². The van der Waals surface area contributed by atoms with Crippen molar-refractivity contribution in [2.45, 2.75) is 20.5 Å². The van der Waals surface area contributed by atoms with E-state index in [1.54, 1.807) is 18.3 Å². The lowest BCUT2D eigenvalue weighted by Gasteiger charge is -2.11. The molecule has 0 saturated heterocycles. The number of rotatable bonds is 6. The maximum atomic E-state index is 10.9. The average Bonchev–Trinajstić information content (AvgIpc) is 2.99. The first kappa shape index (κ1) is 18.5. The number of carbonyl (C=O) groups is 1. The number of hydrogen-bond donors (Lipinski definition) is 2. The van der Waals surface area contributed by atoms with Gasteiger partial charge in [-0.3, -0.25) is 0 Å². The van der Waals surface area contributed by atoms with E-state index in [0.29, 0.717) is 10.6 Å². The molecule has 7 nitrogen and oxygen atoms in total. The van der Waals surface area contributed by atoms with E-state index in [9.17, 15) is 4.79 Å². The van der Waals surface area contributed by atoms with Crippen molar-refractivity contribution < 1.29 is 14.6 Å². The lowest BCUT2D eigenvalue weighted by atomic mass is 10.1. The molecule has 2 N–H and O–H groups in total. The van der Waals surface area contributed by atoms with Crippen molar-refractivity contribution in [2.75, 3.05) is 0 Å². The van der Waals surface area contributed by atoms with Crippen molar-refractivity contribution in [1.82, 2.24) is 14.9 Å². The summed E-state index contributed by atoms with van der Waals surface area (Å²) < 4.78 is 7.73. The molecule has 0 aliphatic heterocycles. The molecule has 8 heteroatoms. The minimum Gasteiger partial charge on any atom is -0.485 e. The number of carboxylic acid groups (broad SMARTS) is 1. The van der Waals surface area contributed by atoms with E-state index in [2.05, 4.69) is 15.3 Å². The maximum absolute atomic E-state index is 10.9. The van der Waals surface area contributed by atoms with Crippen molar-refractivity contribution in [3.8, 4) is 5.75 Å². The van der Waals surface area contributed by atoms with Gasteiger partial charge in [0.2, 0.25) is 4.77 Å². The first-order valence-electron chi connectivity index (χ1n) is 8.18. The summed E-state index contributed by atoms with van der Waals surface area (Å²) in [5, 5.41) is 20.2. The van der Waals surface area contributed by atoms with Crippen molar-refractivity contribution in [3.63, 3.8) is 0 Å². The van der Waals surface area contributed by atoms with Crippen LogP contribution in [0.1, 0.15) is 32.9 Å². The smallest absolute Gasteiger partial charge is 0.335 e. The molecule has 0 aliphatic rings. The van der Waals surface area contributed by atoms with E-state index in [4.69, 9.17) is 22.1 Å². The average molecular weight is 382 g/mol. The highest BCUT2D eigenvalue weighted by molar-refractivity contribution is 7.71. The van der Waals surface area contributed by atoms with Crippen LogP contribution < -0.4 is 4.74 Å². The van der Waals surface area contributed by atoms with Gasteiger partial charge in [-0.2, -0.15) is 14.9 Å². The molecule has 2 aromatic carbocycles. The Balaban J connectivity index is 1.78. The van der Waals surface area contributed by atoms with Gasteiger partial charge in [0.25, 0.3) is 0 Å². The summed E-state index contributed by atoms with van der Waals surface area (Å²) in [5.74, 6) is 0.369. The second kappa shape index (κ2) is 7.96. The predicted octanol–water partition coefficient (Wildman–Crippen LogP) is 3.72. The van der Waals surface area contributed by atoms with E-state index in [-0.39, 0.29) is 12.2 Å². The zero-order chi connectivity index (χ0) is 19.4. The molecule has 0 unspecified atom stereocenters. The zero-order valence-corrected chi connectivity index (χ0v) is 15.7. The highest BCUT2D eigenvalue weighted by Crippen LogP contribution is 2.23. The van der Waals surface area contributed by atoms with Crippen LogP contribution in [0.15, 0.2) is 47.6 Å². The number of para-hydroxylation sites is 1. The summed E-state index contributed by atoms with van der Waals surface area (Å²) in [7, 11) is 0. The van der Waals surface area contributed by atoms with Gasteiger partial charge in [-0.15, -0.1) is 0 Å². The number of aromatic carboxylic acids is 1. The number of aromatic nitrogens is 3. The van der Waals surface area contributed by atoms with Gasteiger partial charge in [-0.1, -0.05) is 30.3 Å². The third-order valence-corrected chi connectivity index (χ3v) is 4.22. The van der Waals surface area contributed by atoms with Crippen molar-refractivity contribution in [1.29, 1.82) is 0 Å². The van der Waals surface area contributed by atoms with E-state index in [1.165, 1.54) is 16.8 Å². The third kappa shape index (κ3) is 4.29. The van der Waals surface area contributed by atoms with Crippen LogP contribution in [0.4, 0.5) is 0 Å². The number of aromatic amines is 1. The topological polar surface area (TPSA) is 92.5 Å². The summed E-state index contributed by atoms with van der Waals surface area (Å²) in [6.07, 6.45) is 1.58. The fraction of sp³-hybridized carbons (Fsp3) is 0.158. The summed E-state index contributed by atoms with van der Waals surface area (Å²) in [4.78, 5) is 10.9. The summed E-state index contributed by atoms with van der Waals surface area (Å²) in [6, 6.07) is 12.3. The molecule has 1 heterocycles. The number of aryl methyl sites for hydroxylation is 2. The Hall–Kier alpha value is -3.26. The molecule has 0 atom stereocenters. The maximum Gasteiger partial charge on any atom is 0.335 e. The summed E-state index contributed by atoms with van der Waals surface area (Å²) in [5.41, 5.74) is 3.04. The van der Waals surface area contributed by atoms with E-state index in [1.807, 2.05) is 32.0 Å². The first-order chi connectivity index (χ1) is 13.0. The largest absolute Gasteiger partial charge is 0.485 e. The summed E-state index contributed by atoms with van der Waals surface area (Å²) >= 11 is 5.22. The highest BCUT2D eigenvalue weighted by atomic mass is 32.1. The van der Waals surface area contributed by atoms with Crippen molar-refractivity contribution in [3.05, 3.63) is 75.3 Å². The summed E-state index contributed by atoms with van der Waals surface area (Å²) in [6.45, 7) is 4.17. The molecule has 3 aromatic rings. The van der Waals surface area contributed by atoms with Crippen LogP contribution in [0.5, 0.6) is 5.75 Å². The molecule has 0 saturated carbocycles. The van der Waals surface area contributed by atoms with Crippen LogP contribution in [-0.4, -0.2) is 32.2 Å². The third-order valence-electron chi connectivity index (χ3n) is 3.95. The minimum absolute atomic E-state index is 0.203. The number of benzene rings is 2. The number of hydrogen-bond acceptors (Lipinski definition) is 5. The van der Waals surface area contributed by atoms with Crippen LogP contribution in [0.2, 0.25) is 0 Å². The number of carboxylic acids is 1. The fourth-order valence-electron chi connectivity index (χ4n) is 2.54.